The molecule has 0 aromatic carbocycles. The first kappa shape index (κ1) is 18.5. The number of anilines is 1. The first-order valence-corrected chi connectivity index (χ1v) is 8.80. The van der Waals surface area contributed by atoms with E-state index in [0.29, 0.717) is 5.75 Å². The molecular weight excluding hydrogens is 423 g/mol. The summed E-state index contributed by atoms with van der Waals surface area (Å²) < 4.78 is 53.3. The lowest BCUT2D eigenvalue weighted by molar-refractivity contribution is -0.345. The Bertz CT molecular complexity index is 692. The third-order valence-corrected chi connectivity index (χ3v) is 5.56. The minimum atomic E-state index is -4.92. The van der Waals surface area contributed by atoms with Gasteiger partial charge in [-0.1, -0.05) is 24.6 Å². The van der Waals surface area contributed by atoms with Gasteiger partial charge in [-0.2, -0.15) is 5.10 Å². The summed E-state index contributed by atoms with van der Waals surface area (Å²) in [7, 11) is -1.41. The van der Waals surface area contributed by atoms with E-state index in [1.807, 2.05) is 0 Å². The number of aromatic nitrogens is 2. The van der Waals surface area contributed by atoms with Crippen LogP contribution in [0.2, 0.25) is 0 Å². The second kappa shape index (κ2) is 6.58. The highest BCUT2D eigenvalue weighted by Gasteiger charge is 2.49. The molecule has 128 valence electrons. The fraction of sp³-hybridized carbons (Fsp3) is 0.417. The van der Waals surface area contributed by atoms with E-state index in [-0.39, 0.29) is 15.7 Å². The van der Waals surface area contributed by atoms with Gasteiger partial charge in [0.1, 0.15) is 16.8 Å². The zero-order chi connectivity index (χ0) is 17.4. The highest BCUT2D eigenvalue weighted by molar-refractivity contribution is 9.10. The Morgan fingerprint density at radius 2 is 2.26 bits per heavy atom. The molecule has 1 aromatic rings. The summed E-state index contributed by atoms with van der Waals surface area (Å²) in [4.78, 5) is 0.230. The SMILES string of the molecule is CCS(=O)c1cnn(C2C(Cl)=CC=CC2(Br)OC(F)(F)F)c1N. The third kappa shape index (κ3) is 3.81. The Balaban J connectivity index is 2.50. The molecule has 11 heteroatoms. The smallest absolute Gasteiger partial charge is 0.383 e. The van der Waals surface area contributed by atoms with Crippen molar-refractivity contribution in [2.45, 2.75) is 28.7 Å². The monoisotopic (exact) mass is 433 g/mol. The first-order valence-electron chi connectivity index (χ1n) is 6.31. The largest absolute Gasteiger partial charge is 0.524 e. The Hall–Kier alpha value is -0.840. The van der Waals surface area contributed by atoms with Gasteiger partial charge in [-0.05, 0) is 28.1 Å². The van der Waals surface area contributed by atoms with E-state index >= 15 is 0 Å². The number of allylic oxidation sites excluding steroid dienone is 2. The van der Waals surface area contributed by atoms with Crippen LogP contribution in [0.15, 0.2) is 34.4 Å². The highest BCUT2D eigenvalue weighted by Crippen LogP contribution is 2.47. The number of hydrogen-bond donors (Lipinski definition) is 1. The average Bonchev–Trinajstić information content (AvgIpc) is 2.77. The van der Waals surface area contributed by atoms with E-state index in [9.17, 15) is 17.4 Å². The summed E-state index contributed by atoms with van der Waals surface area (Å²) in [6.07, 6.45) is 0.206. The first-order chi connectivity index (χ1) is 10.6. The summed E-state index contributed by atoms with van der Waals surface area (Å²) in [5, 5.41) is 3.97. The Kier molecular flexibility index (Phi) is 5.29. The molecule has 0 saturated carbocycles. The van der Waals surface area contributed by atoms with Crippen LogP contribution in [-0.4, -0.2) is 30.6 Å². The zero-order valence-corrected chi connectivity index (χ0v) is 14.8. The van der Waals surface area contributed by atoms with E-state index in [1.54, 1.807) is 6.92 Å². The molecule has 0 amide bonds. The molecule has 5 nitrogen and oxygen atoms in total. The van der Waals surface area contributed by atoms with E-state index in [2.05, 4.69) is 25.8 Å². The van der Waals surface area contributed by atoms with Crippen LogP contribution in [0.4, 0.5) is 19.0 Å². The molecule has 2 N–H and O–H groups in total. The van der Waals surface area contributed by atoms with Crippen LogP contribution in [0.1, 0.15) is 13.0 Å². The van der Waals surface area contributed by atoms with Gasteiger partial charge in [0.25, 0.3) is 0 Å². The van der Waals surface area contributed by atoms with E-state index in [0.717, 1.165) is 10.8 Å². The number of rotatable bonds is 4. The number of nitrogens with two attached hydrogens (primary N) is 1. The molecule has 23 heavy (non-hydrogen) atoms. The molecule has 0 radical (unpaired) electrons. The van der Waals surface area contributed by atoms with Crippen molar-refractivity contribution >= 4 is 44.1 Å². The van der Waals surface area contributed by atoms with Gasteiger partial charge in [-0.25, -0.2) is 4.68 Å². The topological polar surface area (TPSA) is 70.1 Å². The van der Waals surface area contributed by atoms with Crippen LogP contribution >= 0.6 is 27.5 Å². The molecule has 0 aliphatic heterocycles. The van der Waals surface area contributed by atoms with Gasteiger partial charge in [0.05, 0.1) is 17.0 Å². The van der Waals surface area contributed by atoms with Gasteiger partial charge in [0, 0.05) is 10.8 Å². The van der Waals surface area contributed by atoms with Crippen LogP contribution in [-0.2, 0) is 15.5 Å². The number of halogens is 5. The molecule has 1 aliphatic rings. The molecule has 1 heterocycles. The Morgan fingerprint density at radius 3 is 2.83 bits per heavy atom. The second-order valence-electron chi connectivity index (χ2n) is 4.53. The van der Waals surface area contributed by atoms with Gasteiger partial charge in [0.2, 0.25) is 0 Å². The van der Waals surface area contributed by atoms with Crippen molar-refractivity contribution in [2.24, 2.45) is 0 Å². The van der Waals surface area contributed by atoms with Crippen molar-refractivity contribution in [1.82, 2.24) is 9.78 Å². The minimum absolute atomic E-state index is 0.0252. The summed E-state index contributed by atoms with van der Waals surface area (Å²) in [5.74, 6) is 0.259. The van der Waals surface area contributed by atoms with Gasteiger partial charge in [0.15, 0.2) is 4.51 Å². The second-order valence-corrected chi connectivity index (χ2v) is 7.92. The maximum absolute atomic E-state index is 12.7. The van der Waals surface area contributed by atoms with Crippen LogP contribution in [0.25, 0.3) is 0 Å². The van der Waals surface area contributed by atoms with Crippen molar-refractivity contribution in [2.75, 3.05) is 11.5 Å². The molecule has 0 spiro atoms. The van der Waals surface area contributed by atoms with Crippen LogP contribution < -0.4 is 5.73 Å². The standard InChI is InChI=1S/C12H12BrClF3N3O2S/c1-2-23(21)8-6-19-20(10(8)18)9-7(14)4-3-5-11(9,13)22-12(15,16)17/h3-6,9H,2,18H2,1H3. The molecule has 0 bridgehead atoms. The molecule has 2 rings (SSSR count). The maximum Gasteiger partial charge on any atom is 0.524 e. The third-order valence-electron chi connectivity index (χ3n) is 3.04. The lowest BCUT2D eigenvalue weighted by Crippen LogP contribution is -2.41. The van der Waals surface area contributed by atoms with E-state index in [4.69, 9.17) is 17.3 Å². The summed E-state index contributed by atoms with van der Waals surface area (Å²) in [6.45, 7) is 1.69. The predicted molar refractivity (Wildman–Crippen MR) is 84.5 cm³/mol. The lowest BCUT2D eigenvalue weighted by atomic mass is 10.1. The van der Waals surface area contributed by atoms with Gasteiger partial charge in [-0.3, -0.25) is 8.95 Å². The van der Waals surface area contributed by atoms with Crippen molar-refractivity contribution in [1.29, 1.82) is 0 Å². The van der Waals surface area contributed by atoms with Crippen molar-refractivity contribution in [3.63, 3.8) is 0 Å². The van der Waals surface area contributed by atoms with Crippen molar-refractivity contribution in [3.05, 3.63) is 29.5 Å². The van der Waals surface area contributed by atoms with Gasteiger partial charge < -0.3 is 5.73 Å². The predicted octanol–water partition coefficient (Wildman–Crippen LogP) is 3.45. The van der Waals surface area contributed by atoms with Crippen LogP contribution in [0, 0.1) is 0 Å². The number of nitrogens with zero attached hydrogens (tertiary/aromatic N) is 2. The van der Waals surface area contributed by atoms with Crippen molar-refractivity contribution < 1.29 is 22.1 Å². The minimum Gasteiger partial charge on any atom is -0.383 e. The lowest BCUT2D eigenvalue weighted by Gasteiger charge is -2.35. The molecular formula is C12H12BrClF3N3O2S. The average molecular weight is 435 g/mol. The fourth-order valence-corrected chi connectivity index (χ4v) is 4.12. The van der Waals surface area contributed by atoms with Gasteiger partial charge >= 0.3 is 6.36 Å². The summed E-state index contributed by atoms with van der Waals surface area (Å²) in [5.41, 5.74) is 5.90. The van der Waals surface area contributed by atoms with Crippen LogP contribution in [0.3, 0.4) is 0 Å². The molecule has 0 fully saturated rings. The number of alkyl halides is 4. The molecule has 1 aromatic heterocycles. The Labute approximate surface area is 145 Å². The fourth-order valence-electron chi connectivity index (χ4n) is 2.08. The maximum atomic E-state index is 12.7. The Morgan fingerprint density at radius 1 is 1.61 bits per heavy atom. The van der Waals surface area contributed by atoms with Gasteiger partial charge in [-0.15, -0.1) is 13.2 Å². The number of nitrogen functional groups attached to an aromatic ring is 1. The number of ether oxygens (including phenoxy) is 1. The zero-order valence-electron chi connectivity index (χ0n) is 11.7. The molecule has 0 saturated heterocycles. The molecule has 3 unspecified atom stereocenters. The van der Waals surface area contributed by atoms with Crippen LogP contribution in [0.5, 0.6) is 0 Å². The summed E-state index contributed by atoms with van der Waals surface area (Å²) >= 11 is 8.99. The van der Waals surface area contributed by atoms with Crippen molar-refractivity contribution in [3.8, 4) is 0 Å². The normalized spacial score (nSPS) is 26.2. The molecule has 1 aliphatic carbocycles. The summed E-state index contributed by atoms with van der Waals surface area (Å²) in [6, 6.07) is -1.21. The van der Waals surface area contributed by atoms with E-state index < -0.39 is 27.7 Å². The highest BCUT2D eigenvalue weighted by atomic mass is 79.9. The number of hydrogen-bond acceptors (Lipinski definition) is 4. The quantitative estimate of drug-likeness (QED) is 0.737. The van der Waals surface area contributed by atoms with E-state index in [1.165, 1.54) is 18.3 Å². The molecule has 3 atom stereocenters.